The van der Waals surface area contributed by atoms with Crippen LogP contribution >= 0.6 is 0 Å². The molecule has 7 heteroatoms. The number of carbonyl (C=O) groups is 1. The van der Waals surface area contributed by atoms with Crippen molar-refractivity contribution in [3.05, 3.63) is 24.3 Å². The van der Waals surface area contributed by atoms with Gasteiger partial charge in [0, 0.05) is 12.2 Å². The Morgan fingerprint density at radius 3 is 2.44 bits per heavy atom. The van der Waals surface area contributed by atoms with Crippen LogP contribution in [0.5, 0.6) is 0 Å². The van der Waals surface area contributed by atoms with E-state index in [2.05, 4.69) is 0 Å². The number of primary sulfonamides is 1. The molecule has 98 valence electrons. The summed E-state index contributed by atoms with van der Waals surface area (Å²) in [6.07, 6.45) is 1.42. The van der Waals surface area contributed by atoms with E-state index in [1.54, 1.807) is 17.0 Å². The molecule has 1 aliphatic heterocycles. The Balaban J connectivity index is 2.27. The van der Waals surface area contributed by atoms with Gasteiger partial charge in [0.05, 0.1) is 4.90 Å². The average Bonchev–Trinajstić information content (AvgIpc) is 2.77. The molecule has 1 aromatic carbocycles. The predicted octanol–water partition coefficient (Wildman–Crippen LogP) is 0.387. The second-order valence-electron chi connectivity index (χ2n) is 4.23. The van der Waals surface area contributed by atoms with E-state index in [-0.39, 0.29) is 4.90 Å². The molecule has 1 saturated heterocycles. The molecule has 0 aliphatic carbocycles. The van der Waals surface area contributed by atoms with Crippen molar-refractivity contribution in [2.45, 2.75) is 23.8 Å². The summed E-state index contributed by atoms with van der Waals surface area (Å²) in [5.41, 5.74) is 0.701. The molecule has 0 aromatic heterocycles. The number of carboxylic acid groups (broad SMARTS) is 1. The second-order valence-corrected chi connectivity index (χ2v) is 5.79. The highest BCUT2D eigenvalue weighted by Gasteiger charge is 2.30. The lowest BCUT2D eigenvalue weighted by Crippen LogP contribution is -2.35. The first-order valence-electron chi connectivity index (χ1n) is 5.52. The maximum atomic E-state index is 11.1. The zero-order valence-corrected chi connectivity index (χ0v) is 10.4. The van der Waals surface area contributed by atoms with E-state index in [0.717, 1.165) is 6.42 Å². The lowest BCUT2D eigenvalue weighted by molar-refractivity contribution is -0.138. The fourth-order valence-corrected chi connectivity index (χ4v) is 2.68. The highest BCUT2D eigenvalue weighted by molar-refractivity contribution is 7.89. The largest absolute Gasteiger partial charge is 0.480 e. The van der Waals surface area contributed by atoms with Crippen molar-refractivity contribution < 1.29 is 18.3 Å². The van der Waals surface area contributed by atoms with Crippen molar-refractivity contribution in [2.75, 3.05) is 11.4 Å². The number of hydrogen-bond acceptors (Lipinski definition) is 4. The molecule has 1 unspecified atom stereocenters. The van der Waals surface area contributed by atoms with E-state index in [0.29, 0.717) is 18.7 Å². The fraction of sp³-hybridized carbons (Fsp3) is 0.364. The number of anilines is 1. The number of rotatable bonds is 3. The van der Waals surface area contributed by atoms with Crippen LogP contribution in [0.15, 0.2) is 29.2 Å². The van der Waals surface area contributed by atoms with Gasteiger partial charge in [-0.25, -0.2) is 18.4 Å². The third-order valence-electron chi connectivity index (χ3n) is 3.03. The van der Waals surface area contributed by atoms with Crippen LogP contribution in [0.3, 0.4) is 0 Å². The Morgan fingerprint density at radius 2 is 1.94 bits per heavy atom. The van der Waals surface area contributed by atoms with Crippen molar-refractivity contribution in [1.29, 1.82) is 0 Å². The Kier molecular flexibility index (Phi) is 3.27. The van der Waals surface area contributed by atoms with Gasteiger partial charge >= 0.3 is 5.97 Å². The molecular formula is C11H14N2O4S. The molecular weight excluding hydrogens is 256 g/mol. The van der Waals surface area contributed by atoms with Gasteiger partial charge in [0.25, 0.3) is 0 Å². The summed E-state index contributed by atoms with van der Waals surface area (Å²) in [5, 5.41) is 14.1. The molecule has 1 heterocycles. The number of benzene rings is 1. The third-order valence-corrected chi connectivity index (χ3v) is 3.96. The van der Waals surface area contributed by atoms with Gasteiger partial charge in [0.1, 0.15) is 6.04 Å². The fourth-order valence-electron chi connectivity index (χ4n) is 2.16. The Bertz CT molecular complexity index is 553. The lowest BCUT2D eigenvalue weighted by atomic mass is 10.2. The van der Waals surface area contributed by atoms with E-state index < -0.39 is 22.0 Å². The molecule has 2 rings (SSSR count). The minimum absolute atomic E-state index is 0.0253. The molecule has 0 amide bonds. The van der Waals surface area contributed by atoms with Gasteiger partial charge in [0.15, 0.2) is 0 Å². The number of sulfonamides is 1. The highest BCUT2D eigenvalue weighted by atomic mass is 32.2. The summed E-state index contributed by atoms with van der Waals surface area (Å²) in [7, 11) is -3.71. The molecule has 0 saturated carbocycles. The van der Waals surface area contributed by atoms with Crippen LogP contribution in [0, 0.1) is 0 Å². The van der Waals surface area contributed by atoms with Crippen molar-refractivity contribution in [3.63, 3.8) is 0 Å². The monoisotopic (exact) mass is 270 g/mol. The first kappa shape index (κ1) is 12.8. The minimum atomic E-state index is -3.71. The van der Waals surface area contributed by atoms with Crippen molar-refractivity contribution in [1.82, 2.24) is 0 Å². The van der Waals surface area contributed by atoms with Gasteiger partial charge in [0.2, 0.25) is 10.0 Å². The molecule has 0 bridgehead atoms. The lowest BCUT2D eigenvalue weighted by Gasteiger charge is -2.23. The van der Waals surface area contributed by atoms with Crippen LogP contribution in [0.1, 0.15) is 12.8 Å². The van der Waals surface area contributed by atoms with E-state index in [9.17, 15) is 13.2 Å². The summed E-state index contributed by atoms with van der Waals surface area (Å²) >= 11 is 0. The standard InChI is InChI=1S/C11H14N2O4S/c12-18(16,17)9-5-3-8(4-6-9)13-7-1-2-10(13)11(14)15/h3-6,10H,1-2,7H2,(H,14,15)(H2,12,16,17). The quantitative estimate of drug-likeness (QED) is 0.827. The van der Waals surface area contributed by atoms with Gasteiger partial charge in [-0.3, -0.25) is 0 Å². The molecule has 1 fully saturated rings. The third kappa shape index (κ3) is 2.46. The second kappa shape index (κ2) is 4.58. The highest BCUT2D eigenvalue weighted by Crippen LogP contribution is 2.26. The van der Waals surface area contributed by atoms with E-state index >= 15 is 0 Å². The van der Waals surface area contributed by atoms with Gasteiger partial charge in [-0.15, -0.1) is 0 Å². The minimum Gasteiger partial charge on any atom is -0.480 e. The van der Waals surface area contributed by atoms with Crippen molar-refractivity contribution in [2.24, 2.45) is 5.14 Å². The van der Waals surface area contributed by atoms with Crippen LogP contribution in [-0.2, 0) is 14.8 Å². The number of aliphatic carboxylic acids is 1. The summed E-state index contributed by atoms with van der Waals surface area (Å²) in [6, 6.07) is 5.41. The van der Waals surface area contributed by atoms with E-state index in [1.807, 2.05) is 0 Å². The molecule has 6 nitrogen and oxygen atoms in total. The topological polar surface area (TPSA) is 101 Å². The number of carboxylic acids is 1. The molecule has 0 spiro atoms. The molecule has 1 aliphatic rings. The van der Waals surface area contributed by atoms with Crippen LogP contribution in [0.4, 0.5) is 5.69 Å². The Hall–Kier alpha value is -1.60. The summed E-state index contributed by atoms with van der Waals surface area (Å²) in [5.74, 6) is -0.858. The first-order chi connectivity index (χ1) is 8.39. The Morgan fingerprint density at radius 1 is 1.33 bits per heavy atom. The smallest absolute Gasteiger partial charge is 0.326 e. The van der Waals surface area contributed by atoms with Crippen LogP contribution in [-0.4, -0.2) is 32.1 Å². The number of hydrogen-bond donors (Lipinski definition) is 2. The van der Waals surface area contributed by atoms with Crippen molar-refractivity contribution in [3.8, 4) is 0 Å². The molecule has 3 N–H and O–H groups in total. The maximum Gasteiger partial charge on any atom is 0.326 e. The van der Waals surface area contributed by atoms with Crippen LogP contribution < -0.4 is 10.0 Å². The average molecular weight is 270 g/mol. The van der Waals surface area contributed by atoms with Crippen LogP contribution in [0.2, 0.25) is 0 Å². The van der Waals surface area contributed by atoms with Gasteiger partial charge < -0.3 is 10.0 Å². The number of nitrogens with two attached hydrogens (primary N) is 1. The van der Waals surface area contributed by atoms with E-state index in [4.69, 9.17) is 10.2 Å². The maximum absolute atomic E-state index is 11.1. The first-order valence-corrected chi connectivity index (χ1v) is 7.06. The molecule has 1 atom stereocenters. The Labute approximate surface area is 105 Å². The van der Waals surface area contributed by atoms with E-state index in [1.165, 1.54) is 12.1 Å². The zero-order chi connectivity index (χ0) is 13.3. The SMILES string of the molecule is NS(=O)(=O)c1ccc(N2CCCC2C(=O)O)cc1. The molecule has 0 radical (unpaired) electrons. The predicted molar refractivity (Wildman–Crippen MR) is 65.8 cm³/mol. The van der Waals surface area contributed by atoms with Crippen molar-refractivity contribution >= 4 is 21.7 Å². The summed E-state index contributed by atoms with van der Waals surface area (Å²) in [4.78, 5) is 12.8. The van der Waals surface area contributed by atoms with Gasteiger partial charge in [-0.05, 0) is 37.1 Å². The normalized spacial score (nSPS) is 20.1. The zero-order valence-electron chi connectivity index (χ0n) is 9.61. The van der Waals surface area contributed by atoms with Crippen LogP contribution in [0.25, 0.3) is 0 Å². The van der Waals surface area contributed by atoms with Gasteiger partial charge in [-0.2, -0.15) is 0 Å². The van der Waals surface area contributed by atoms with Gasteiger partial charge in [-0.1, -0.05) is 0 Å². The summed E-state index contributed by atoms with van der Waals surface area (Å²) < 4.78 is 22.2. The summed E-state index contributed by atoms with van der Waals surface area (Å²) in [6.45, 7) is 0.658. The molecule has 1 aromatic rings. The molecule has 18 heavy (non-hydrogen) atoms. The number of nitrogens with zero attached hydrogens (tertiary/aromatic N) is 1.